The topological polar surface area (TPSA) is 129 Å². The van der Waals surface area contributed by atoms with Crippen LogP contribution in [0, 0.1) is 11.7 Å². The van der Waals surface area contributed by atoms with Crippen molar-refractivity contribution in [2.45, 2.75) is 96.7 Å². The molecule has 4 amide bonds. The largest absolute Gasteiger partial charge is 0.344 e. The van der Waals surface area contributed by atoms with Crippen molar-refractivity contribution in [3.8, 4) is 0 Å². The minimum absolute atomic E-state index is 0.0154. The van der Waals surface area contributed by atoms with Gasteiger partial charge in [-0.25, -0.2) is 4.39 Å². The van der Waals surface area contributed by atoms with E-state index < -0.39 is 29.7 Å². The Bertz CT molecular complexity index is 1330. The quantitative estimate of drug-likeness (QED) is 0.289. The van der Waals surface area contributed by atoms with Gasteiger partial charge >= 0.3 is 0 Å². The van der Waals surface area contributed by atoms with Gasteiger partial charge in [0.25, 0.3) is 5.91 Å². The molecule has 1 aliphatic carbocycles. The van der Waals surface area contributed by atoms with Crippen LogP contribution in [0.15, 0.2) is 30.5 Å². The van der Waals surface area contributed by atoms with Crippen LogP contribution >= 0.6 is 0 Å². The highest BCUT2D eigenvalue weighted by Crippen LogP contribution is 2.28. The lowest BCUT2D eigenvalue weighted by molar-refractivity contribution is -0.137. The monoisotopic (exact) mass is 639 g/mol. The number of nitrogens with zero attached hydrogens (tertiary/aromatic N) is 4. The third-order valence-electron chi connectivity index (χ3n) is 9.20. The first kappa shape index (κ1) is 35.1. The van der Waals surface area contributed by atoms with E-state index in [2.05, 4.69) is 25.9 Å². The molecule has 1 aromatic carbocycles. The van der Waals surface area contributed by atoms with E-state index in [4.69, 9.17) is 0 Å². The minimum Gasteiger partial charge on any atom is -0.344 e. The van der Waals surface area contributed by atoms with Gasteiger partial charge in [0, 0.05) is 51.8 Å². The number of piperazine rings is 1. The molecule has 0 bridgehead atoms. The average Bonchev–Trinajstić information content (AvgIpc) is 3.55. The van der Waals surface area contributed by atoms with Crippen molar-refractivity contribution in [2.24, 2.45) is 5.92 Å². The molecule has 1 saturated carbocycles. The van der Waals surface area contributed by atoms with E-state index in [1.165, 1.54) is 44.2 Å². The predicted octanol–water partition coefficient (Wildman–Crippen LogP) is 3.74. The summed E-state index contributed by atoms with van der Waals surface area (Å²) < 4.78 is 17.0. The molecule has 1 aliphatic heterocycles. The number of nitrogens with one attached hydrogen (secondary N) is 3. The molecule has 4 rings (SSSR count). The Morgan fingerprint density at radius 3 is 2.39 bits per heavy atom. The van der Waals surface area contributed by atoms with Gasteiger partial charge in [0.05, 0.1) is 5.69 Å². The van der Waals surface area contributed by atoms with Crippen molar-refractivity contribution in [1.29, 1.82) is 0 Å². The van der Waals surface area contributed by atoms with Crippen LogP contribution in [-0.2, 0) is 27.3 Å². The summed E-state index contributed by atoms with van der Waals surface area (Å²) >= 11 is 0. The van der Waals surface area contributed by atoms with Crippen LogP contribution in [0.4, 0.5) is 10.1 Å². The molecular formula is C34H50FN7O4. The number of amides is 4. The van der Waals surface area contributed by atoms with Crippen LogP contribution in [0.25, 0.3) is 0 Å². The number of hydrogen-bond donors (Lipinski definition) is 3. The van der Waals surface area contributed by atoms with Crippen molar-refractivity contribution in [1.82, 2.24) is 30.2 Å². The highest BCUT2D eigenvalue weighted by molar-refractivity contribution is 6.00. The highest BCUT2D eigenvalue weighted by Gasteiger charge is 2.29. The number of aromatic nitrogens is 2. The van der Waals surface area contributed by atoms with Crippen molar-refractivity contribution in [3.63, 3.8) is 0 Å². The van der Waals surface area contributed by atoms with Crippen molar-refractivity contribution in [3.05, 3.63) is 47.5 Å². The van der Waals surface area contributed by atoms with Gasteiger partial charge in [0.1, 0.15) is 23.6 Å². The third-order valence-corrected chi connectivity index (χ3v) is 9.20. The summed E-state index contributed by atoms with van der Waals surface area (Å²) in [5.74, 6) is -1.37. The summed E-state index contributed by atoms with van der Waals surface area (Å²) in [7, 11) is 2.00. The maximum Gasteiger partial charge on any atom is 0.270 e. The van der Waals surface area contributed by atoms with Crippen LogP contribution < -0.4 is 16.0 Å². The highest BCUT2D eigenvalue weighted by atomic mass is 19.1. The van der Waals surface area contributed by atoms with Gasteiger partial charge in [-0.15, -0.1) is 0 Å². The zero-order valence-corrected chi connectivity index (χ0v) is 27.5. The van der Waals surface area contributed by atoms with Gasteiger partial charge in [0.15, 0.2) is 0 Å². The summed E-state index contributed by atoms with van der Waals surface area (Å²) in [6, 6.07) is 4.33. The summed E-state index contributed by atoms with van der Waals surface area (Å²) in [5.41, 5.74) is 0.863. The standard InChI is InChI=1S/C34H50FN7O4/c1-4-31(43)37-29(34(46)41-20-18-40(3)19-21-41)23-25-14-15-27(26(35)22-25)38-32(44)28(13-9-12-24-10-7-6-8-11-24)39-33(45)30-16-17-36-42(30)5-2/h14-17,22,24,28-29H,4-13,18-21,23H2,1-3H3,(H,37,43)(H,38,44)(H,39,45)/t28-,29+/m0/s1. The zero-order chi connectivity index (χ0) is 33.1. The molecule has 0 unspecified atom stereocenters. The number of carbonyl (C=O) groups excluding carboxylic acids is 4. The first-order valence-corrected chi connectivity index (χ1v) is 16.9. The average molecular weight is 640 g/mol. The molecule has 46 heavy (non-hydrogen) atoms. The molecule has 2 fully saturated rings. The van der Waals surface area contributed by atoms with Gasteiger partial charge in [-0.1, -0.05) is 57.9 Å². The summed E-state index contributed by atoms with van der Waals surface area (Å²) in [5, 5.41) is 12.5. The number of carbonyl (C=O) groups is 4. The Hall–Kier alpha value is -3.80. The van der Waals surface area contributed by atoms with Crippen molar-refractivity contribution >= 4 is 29.3 Å². The Morgan fingerprint density at radius 1 is 0.978 bits per heavy atom. The molecule has 11 nitrogen and oxygen atoms in total. The predicted molar refractivity (Wildman–Crippen MR) is 175 cm³/mol. The lowest BCUT2D eigenvalue weighted by Crippen LogP contribution is -2.54. The maximum atomic E-state index is 15.4. The Labute approximate surface area is 271 Å². The SMILES string of the molecule is CCC(=O)N[C@H](Cc1ccc(NC(=O)[C@H](CCCC2CCCCC2)NC(=O)c2ccnn2CC)c(F)c1)C(=O)N1CCN(C)CC1. The van der Waals surface area contributed by atoms with E-state index >= 15 is 4.39 Å². The molecule has 1 saturated heterocycles. The molecule has 2 heterocycles. The van der Waals surface area contributed by atoms with E-state index in [9.17, 15) is 19.2 Å². The van der Waals surface area contributed by atoms with Crippen molar-refractivity contribution < 1.29 is 23.6 Å². The summed E-state index contributed by atoms with van der Waals surface area (Å²) in [4.78, 5) is 56.1. The summed E-state index contributed by atoms with van der Waals surface area (Å²) in [6.07, 6.45) is 10.2. The normalized spacial score (nSPS) is 17.3. The van der Waals surface area contributed by atoms with E-state index in [1.54, 1.807) is 34.8 Å². The second kappa shape index (κ2) is 17.2. The van der Waals surface area contributed by atoms with E-state index in [0.717, 1.165) is 25.9 Å². The Morgan fingerprint density at radius 2 is 1.72 bits per heavy atom. The number of likely N-dealkylation sites (N-methyl/N-ethyl adjacent to an activating group) is 1. The number of aryl methyl sites for hydroxylation is 1. The van der Waals surface area contributed by atoms with Gasteiger partial charge in [0.2, 0.25) is 17.7 Å². The molecule has 252 valence electrons. The fourth-order valence-electron chi connectivity index (χ4n) is 6.35. The second-order valence-electron chi connectivity index (χ2n) is 12.6. The summed E-state index contributed by atoms with van der Waals surface area (Å²) in [6.45, 7) is 6.72. The molecule has 2 atom stereocenters. The minimum atomic E-state index is -0.856. The molecule has 0 spiro atoms. The smallest absolute Gasteiger partial charge is 0.270 e. The van der Waals surface area contributed by atoms with Crippen molar-refractivity contribution in [2.75, 3.05) is 38.5 Å². The number of rotatable bonds is 14. The second-order valence-corrected chi connectivity index (χ2v) is 12.6. The van der Waals surface area contributed by atoms with E-state index in [0.29, 0.717) is 43.2 Å². The maximum absolute atomic E-state index is 15.4. The molecule has 1 aromatic heterocycles. The first-order chi connectivity index (χ1) is 22.2. The molecule has 2 aliphatic rings. The van der Waals surface area contributed by atoms with Crippen LogP contribution in [-0.4, -0.2) is 88.5 Å². The van der Waals surface area contributed by atoms with Crippen LogP contribution in [0.3, 0.4) is 0 Å². The third kappa shape index (κ3) is 9.85. The van der Waals surface area contributed by atoms with Gasteiger partial charge in [-0.3, -0.25) is 23.9 Å². The van der Waals surface area contributed by atoms with Gasteiger partial charge in [-0.05, 0) is 50.1 Å². The Kier molecular flexibility index (Phi) is 13.1. The van der Waals surface area contributed by atoms with E-state index in [1.807, 2.05) is 14.0 Å². The lowest BCUT2D eigenvalue weighted by atomic mass is 9.85. The fraction of sp³-hybridized carbons (Fsp3) is 0.618. The lowest BCUT2D eigenvalue weighted by Gasteiger charge is -2.34. The number of halogens is 1. The Balaban J connectivity index is 1.43. The van der Waals surface area contributed by atoms with Crippen LogP contribution in [0.1, 0.15) is 87.7 Å². The zero-order valence-electron chi connectivity index (χ0n) is 27.5. The molecule has 3 N–H and O–H groups in total. The molecule has 12 heteroatoms. The molecule has 0 radical (unpaired) electrons. The first-order valence-electron chi connectivity index (χ1n) is 16.9. The number of benzene rings is 1. The number of anilines is 1. The fourth-order valence-corrected chi connectivity index (χ4v) is 6.35. The van der Waals surface area contributed by atoms with Crippen LogP contribution in [0.5, 0.6) is 0 Å². The molecular weight excluding hydrogens is 589 g/mol. The van der Waals surface area contributed by atoms with Crippen LogP contribution in [0.2, 0.25) is 0 Å². The number of hydrogen-bond acceptors (Lipinski definition) is 6. The van der Waals surface area contributed by atoms with E-state index in [-0.39, 0.29) is 30.3 Å². The molecule has 2 aromatic rings. The van der Waals surface area contributed by atoms with Gasteiger partial charge in [-0.2, -0.15) is 5.10 Å². The van der Waals surface area contributed by atoms with Gasteiger partial charge < -0.3 is 25.8 Å².